The van der Waals surface area contributed by atoms with Gasteiger partial charge in [-0.3, -0.25) is 0 Å². The van der Waals surface area contributed by atoms with Gasteiger partial charge in [-0.05, 0) is 35.8 Å². The van der Waals surface area contributed by atoms with Gasteiger partial charge >= 0.3 is 0 Å². The van der Waals surface area contributed by atoms with E-state index >= 15 is 0 Å². The average Bonchev–Trinajstić information content (AvgIpc) is 2.70. The summed E-state index contributed by atoms with van der Waals surface area (Å²) in [4.78, 5) is 7.11. The monoisotopic (exact) mass is 358 g/mol. The van der Waals surface area contributed by atoms with Gasteiger partial charge in [0, 0.05) is 33.5 Å². The van der Waals surface area contributed by atoms with Gasteiger partial charge in [0.15, 0.2) is 0 Å². The second kappa shape index (κ2) is 5.00. The van der Waals surface area contributed by atoms with Gasteiger partial charge in [-0.15, -0.1) is 11.3 Å². The van der Waals surface area contributed by atoms with E-state index in [9.17, 15) is 0 Å². The minimum absolute atomic E-state index is 0.219. The maximum atomic E-state index is 5.98. The molecule has 3 heterocycles. The lowest BCUT2D eigenvalue weighted by Crippen LogP contribution is -2.50. The van der Waals surface area contributed by atoms with Crippen LogP contribution in [0.5, 0.6) is 0 Å². The van der Waals surface area contributed by atoms with Crippen LogP contribution in [0, 0.1) is 6.92 Å². The number of rotatable bonds is 1. The van der Waals surface area contributed by atoms with Crippen LogP contribution in [0.4, 0.5) is 0 Å². The first-order chi connectivity index (χ1) is 9.42. The Balaban J connectivity index is 1.97. The van der Waals surface area contributed by atoms with Crippen LogP contribution in [0.2, 0.25) is 0 Å². The Morgan fingerprint density at radius 3 is 2.70 bits per heavy atom. The highest BCUT2D eigenvalue weighted by atomic mass is 79.9. The van der Waals surface area contributed by atoms with E-state index < -0.39 is 0 Å². The Labute approximate surface area is 131 Å². The number of ether oxygens (including phenoxy) is 2. The molecule has 110 valence electrons. The molecule has 0 bridgehead atoms. The molecular formula is C14H19BrN2O2S. The van der Waals surface area contributed by atoms with Crippen molar-refractivity contribution < 1.29 is 9.47 Å². The first kappa shape index (κ1) is 14.4. The zero-order chi connectivity index (χ0) is 14.4. The molecule has 0 aromatic carbocycles. The molecule has 0 unspecified atom stereocenters. The highest BCUT2D eigenvalue weighted by Crippen LogP contribution is 2.46. The lowest BCUT2D eigenvalue weighted by atomic mass is 9.79. The van der Waals surface area contributed by atoms with Crippen LogP contribution in [0.1, 0.15) is 35.9 Å². The number of thiophene rings is 1. The first-order valence-corrected chi connectivity index (χ1v) is 8.42. The first-order valence-electron chi connectivity index (χ1n) is 6.81. The smallest absolute Gasteiger partial charge is 0.283 e. The van der Waals surface area contributed by atoms with E-state index in [1.165, 1.54) is 9.75 Å². The van der Waals surface area contributed by atoms with Gasteiger partial charge < -0.3 is 15.2 Å². The fraction of sp³-hybridized carbons (Fsp3) is 0.643. The quantitative estimate of drug-likeness (QED) is 0.837. The number of halogens is 1. The number of aryl methyl sites for hydroxylation is 1. The van der Waals surface area contributed by atoms with E-state index in [1.54, 1.807) is 11.3 Å². The molecule has 0 saturated carbocycles. The van der Waals surface area contributed by atoms with Gasteiger partial charge in [0.1, 0.15) is 11.1 Å². The van der Waals surface area contributed by atoms with Crippen LogP contribution in [0.15, 0.2) is 15.5 Å². The Morgan fingerprint density at radius 1 is 1.40 bits per heavy atom. The largest absolute Gasteiger partial charge is 0.459 e. The minimum Gasteiger partial charge on any atom is -0.459 e. The molecule has 20 heavy (non-hydrogen) atoms. The van der Waals surface area contributed by atoms with Crippen LogP contribution >= 0.6 is 27.3 Å². The number of amidine groups is 1. The summed E-state index contributed by atoms with van der Waals surface area (Å²) >= 11 is 5.36. The third-order valence-corrected chi connectivity index (χ3v) is 6.53. The van der Waals surface area contributed by atoms with Gasteiger partial charge in [-0.2, -0.15) is 0 Å². The Bertz CT molecular complexity index is 532. The SMILES string of the molecule is Cc1sc([C@]2(C)CC3(CCOCC3)OC(N)=N2)cc1Br. The summed E-state index contributed by atoms with van der Waals surface area (Å²) in [7, 11) is 0. The summed E-state index contributed by atoms with van der Waals surface area (Å²) in [5.74, 6) is 0. The standard InChI is InChI=1S/C14H19BrN2O2S/c1-9-10(15)7-11(20-9)13(2)8-14(19-12(16)17-13)3-5-18-6-4-14/h7H,3-6,8H2,1-2H3,(H2,16,17)/t13-/m0/s1. The predicted molar refractivity (Wildman–Crippen MR) is 84.2 cm³/mol. The highest BCUT2D eigenvalue weighted by molar-refractivity contribution is 9.10. The van der Waals surface area contributed by atoms with Gasteiger partial charge in [-0.25, -0.2) is 4.99 Å². The molecular weight excluding hydrogens is 340 g/mol. The van der Waals surface area contributed by atoms with E-state index in [0.717, 1.165) is 36.9 Å². The summed E-state index contributed by atoms with van der Waals surface area (Å²) in [6, 6.07) is 2.47. The van der Waals surface area contributed by atoms with Crippen molar-refractivity contribution in [2.24, 2.45) is 10.7 Å². The molecule has 2 aliphatic rings. The van der Waals surface area contributed by atoms with Gasteiger partial charge in [0.25, 0.3) is 6.02 Å². The van der Waals surface area contributed by atoms with Crippen molar-refractivity contribution in [2.45, 2.75) is 44.2 Å². The van der Waals surface area contributed by atoms with Crippen molar-refractivity contribution in [3.8, 4) is 0 Å². The maximum absolute atomic E-state index is 5.98. The fourth-order valence-corrected chi connectivity index (χ4v) is 4.70. The van der Waals surface area contributed by atoms with Crippen molar-refractivity contribution in [1.82, 2.24) is 0 Å². The Kier molecular flexibility index (Phi) is 3.59. The molecule has 2 N–H and O–H groups in total. The topological polar surface area (TPSA) is 56.8 Å². The van der Waals surface area contributed by atoms with Crippen LogP contribution in [-0.2, 0) is 15.0 Å². The summed E-state index contributed by atoms with van der Waals surface area (Å²) in [5.41, 5.74) is 5.45. The summed E-state index contributed by atoms with van der Waals surface area (Å²) in [5, 5.41) is 0. The zero-order valence-electron chi connectivity index (χ0n) is 11.7. The Morgan fingerprint density at radius 2 is 2.10 bits per heavy atom. The normalized spacial score (nSPS) is 29.1. The van der Waals surface area contributed by atoms with E-state index in [4.69, 9.17) is 15.2 Å². The number of nitrogens with two attached hydrogens (primary N) is 1. The minimum atomic E-state index is -0.304. The molecule has 3 rings (SSSR count). The van der Waals surface area contributed by atoms with E-state index in [0.29, 0.717) is 6.02 Å². The molecule has 4 nitrogen and oxygen atoms in total. The highest BCUT2D eigenvalue weighted by Gasteiger charge is 2.47. The molecule has 1 atom stereocenters. The predicted octanol–water partition coefficient (Wildman–Crippen LogP) is 3.32. The molecule has 1 fully saturated rings. The maximum Gasteiger partial charge on any atom is 0.283 e. The zero-order valence-corrected chi connectivity index (χ0v) is 14.1. The second-order valence-corrected chi connectivity index (χ2v) is 7.92. The second-order valence-electron chi connectivity index (χ2n) is 5.81. The van der Waals surface area contributed by atoms with Crippen LogP contribution in [-0.4, -0.2) is 24.8 Å². The molecule has 2 aliphatic heterocycles. The van der Waals surface area contributed by atoms with E-state index in [-0.39, 0.29) is 11.1 Å². The molecule has 1 aromatic rings. The Hall–Kier alpha value is -0.590. The molecule has 0 aliphatic carbocycles. The van der Waals surface area contributed by atoms with E-state index in [2.05, 4.69) is 40.8 Å². The molecule has 0 radical (unpaired) electrons. The number of aliphatic imine (C=N–C) groups is 1. The van der Waals surface area contributed by atoms with Crippen molar-refractivity contribution in [3.05, 3.63) is 20.3 Å². The third kappa shape index (κ3) is 2.49. The number of nitrogens with zero attached hydrogens (tertiary/aromatic N) is 1. The van der Waals surface area contributed by atoms with Crippen molar-refractivity contribution in [3.63, 3.8) is 0 Å². The molecule has 1 saturated heterocycles. The van der Waals surface area contributed by atoms with Gasteiger partial charge in [0.05, 0.1) is 13.2 Å². The molecule has 0 amide bonds. The lowest BCUT2D eigenvalue weighted by molar-refractivity contribution is -0.0790. The van der Waals surface area contributed by atoms with Gasteiger partial charge in [0.2, 0.25) is 0 Å². The lowest BCUT2D eigenvalue weighted by Gasteiger charge is -2.45. The van der Waals surface area contributed by atoms with Gasteiger partial charge in [-0.1, -0.05) is 0 Å². The van der Waals surface area contributed by atoms with E-state index in [1.807, 2.05) is 0 Å². The summed E-state index contributed by atoms with van der Waals surface area (Å²) in [6.07, 6.45) is 2.62. The third-order valence-electron chi connectivity index (χ3n) is 4.14. The number of hydrogen-bond donors (Lipinski definition) is 1. The molecule has 6 heteroatoms. The molecule has 1 spiro atoms. The average molecular weight is 359 g/mol. The fourth-order valence-electron chi connectivity index (χ4n) is 3.08. The van der Waals surface area contributed by atoms with Crippen LogP contribution in [0.3, 0.4) is 0 Å². The summed E-state index contributed by atoms with van der Waals surface area (Å²) in [6.45, 7) is 5.72. The van der Waals surface area contributed by atoms with Crippen molar-refractivity contribution in [2.75, 3.05) is 13.2 Å². The van der Waals surface area contributed by atoms with Crippen LogP contribution < -0.4 is 5.73 Å². The molecule has 1 aromatic heterocycles. The van der Waals surface area contributed by atoms with Crippen LogP contribution in [0.25, 0.3) is 0 Å². The number of hydrogen-bond acceptors (Lipinski definition) is 5. The van der Waals surface area contributed by atoms with Crippen molar-refractivity contribution in [1.29, 1.82) is 0 Å². The summed E-state index contributed by atoms with van der Waals surface area (Å²) < 4.78 is 12.5. The van der Waals surface area contributed by atoms with Crippen molar-refractivity contribution >= 4 is 33.3 Å².